The van der Waals surface area contributed by atoms with Crippen molar-refractivity contribution in [3.05, 3.63) is 59.7 Å². The van der Waals surface area contributed by atoms with E-state index in [1.807, 2.05) is 24.3 Å². The van der Waals surface area contributed by atoms with E-state index in [-0.39, 0.29) is 5.91 Å². The molecule has 0 unspecified atom stereocenters. The van der Waals surface area contributed by atoms with E-state index in [9.17, 15) is 4.79 Å². The molecule has 0 saturated carbocycles. The molecule has 0 heterocycles. The van der Waals surface area contributed by atoms with Gasteiger partial charge >= 0.3 is 0 Å². The number of hydrogen-bond acceptors (Lipinski definition) is 2. The molecule has 2 aromatic carbocycles. The lowest BCUT2D eigenvalue weighted by Crippen LogP contribution is -2.21. The normalized spacial score (nSPS) is 10.7. The Bertz CT molecular complexity index is 626. The van der Waals surface area contributed by atoms with Gasteiger partial charge in [0.1, 0.15) is 11.5 Å². The van der Waals surface area contributed by atoms with Crippen LogP contribution in [0.2, 0.25) is 0 Å². The monoisotopic (exact) mass is 311 g/mol. The third kappa shape index (κ3) is 4.35. The maximum atomic E-state index is 11.9. The number of amides is 1. The van der Waals surface area contributed by atoms with Crippen molar-refractivity contribution in [2.75, 3.05) is 14.1 Å². The van der Waals surface area contributed by atoms with Gasteiger partial charge in [-0.2, -0.15) is 0 Å². The Labute approximate surface area is 138 Å². The zero-order valence-corrected chi connectivity index (χ0v) is 14.4. The summed E-state index contributed by atoms with van der Waals surface area (Å²) in [5.41, 5.74) is 2.01. The van der Waals surface area contributed by atoms with Crippen molar-refractivity contribution in [3.8, 4) is 11.5 Å². The van der Waals surface area contributed by atoms with E-state index in [0.717, 1.165) is 24.3 Å². The second-order valence-electron chi connectivity index (χ2n) is 5.91. The zero-order chi connectivity index (χ0) is 16.8. The van der Waals surface area contributed by atoms with Crippen LogP contribution in [0.15, 0.2) is 48.5 Å². The van der Waals surface area contributed by atoms with Crippen LogP contribution in [0, 0.1) is 0 Å². The average molecular weight is 311 g/mol. The molecule has 1 amide bonds. The van der Waals surface area contributed by atoms with Gasteiger partial charge in [0.2, 0.25) is 0 Å². The van der Waals surface area contributed by atoms with Crippen LogP contribution in [0.25, 0.3) is 0 Å². The zero-order valence-electron chi connectivity index (χ0n) is 14.4. The predicted molar refractivity (Wildman–Crippen MR) is 94.3 cm³/mol. The van der Waals surface area contributed by atoms with Crippen molar-refractivity contribution in [1.82, 2.24) is 4.90 Å². The van der Waals surface area contributed by atoms with Crippen molar-refractivity contribution in [1.29, 1.82) is 0 Å². The van der Waals surface area contributed by atoms with Crippen LogP contribution in [-0.2, 0) is 0 Å². The first-order valence-corrected chi connectivity index (χ1v) is 8.14. The van der Waals surface area contributed by atoms with Gasteiger partial charge in [-0.1, -0.05) is 26.0 Å². The maximum Gasteiger partial charge on any atom is 0.253 e. The smallest absolute Gasteiger partial charge is 0.253 e. The topological polar surface area (TPSA) is 29.5 Å². The SMILES string of the molecule is CCC(CC)c1ccc(Oc2ccc(C(=O)N(C)C)cc2)cc1. The second-order valence-corrected chi connectivity index (χ2v) is 5.91. The molecule has 0 bridgehead atoms. The number of rotatable bonds is 6. The first kappa shape index (κ1) is 17.1. The molecule has 2 aromatic rings. The van der Waals surface area contributed by atoms with Gasteiger partial charge in [-0.3, -0.25) is 4.79 Å². The van der Waals surface area contributed by atoms with E-state index in [1.165, 1.54) is 5.56 Å². The second kappa shape index (κ2) is 7.82. The number of ether oxygens (including phenoxy) is 1. The van der Waals surface area contributed by atoms with E-state index in [2.05, 4.69) is 26.0 Å². The highest BCUT2D eigenvalue weighted by atomic mass is 16.5. The molecule has 0 radical (unpaired) electrons. The molecular weight excluding hydrogens is 286 g/mol. The summed E-state index contributed by atoms with van der Waals surface area (Å²) in [5, 5.41) is 0. The minimum Gasteiger partial charge on any atom is -0.457 e. The van der Waals surface area contributed by atoms with Crippen molar-refractivity contribution >= 4 is 5.91 Å². The number of carbonyl (C=O) groups excluding carboxylic acids is 1. The Kier molecular flexibility index (Phi) is 5.80. The summed E-state index contributed by atoms with van der Waals surface area (Å²) in [6.45, 7) is 4.43. The summed E-state index contributed by atoms with van der Waals surface area (Å²) in [6.07, 6.45) is 2.30. The summed E-state index contributed by atoms with van der Waals surface area (Å²) in [6, 6.07) is 15.5. The lowest BCUT2D eigenvalue weighted by Gasteiger charge is -2.14. The first-order valence-electron chi connectivity index (χ1n) is 8.14. The largest absolute Gasteiger partial charge is 0.457 e. The van der Waals surface area contributed by atoms with Crippen LogP contribution in [0.5, 0.6) is 11.5 Å². The minimum absolute atomic E-state index is 0.00826. The van der Waals surface area contributed by atoms with E-state index >= 15 is 0 Å². The molecule has 0 spiro atoms. The first-order chi connectivity index (χ1) is 11.0. The standard InChI is InChI=1S/C20H25NO2/c1-5-15(6-2)16-7-11-18(12-8-16)23-19-13-9-17(10-14-19)20(22)21(3)4/h7-15H,5-6H2,1-4H3. The molecule has 0 aromatic heterocycles. The average Bonchev–Trinajstić information content (AvgIpc) is 2.57. The van der Waals surface area contributed by atoms with Gasteiger partial charge in [0, 0.05) is 19.7 Å². The number of carbonyl (C=O) groups is 1. The number of benzene rings is 2. The molecule has 3 nitrogen and oxygen atoms in total. The molecule has 0 aliphatic carbocycles. The van der Waals surface area contributed by atoms with Gasteiger partial charge < -0.3 is 9.64 Å². The van der Waals surface area contributed by atoms with Gasteiger partial charge in [0.15, 0.2) is 0 Å². The molecule has 0 aliphatic heterocycles. The van der Waals surface area contributed by atoms with Crippen molar-refractivity contribution in [3.63, 3.8) is 0 Å². The lowest BCUT2D eigenvalue weighted by molar-refractivity contribution is 0.0827. The maximum absolute atomic E-state index is 11.9. The van der Waals surface area contributed by atoms with Crippen LogP contribution in [0.1, 0.15) is 48.5 Å². The predicted octanol–water partition coefficient (Wildman–Crippen LogP) is 5.08. The summed E-state index contributed by atoms with van der Waals surface area (Å²) in [4.78, 5) is 13.4. The molecular formula is C20H25NO2. The molecule has 0 atom stereocenters. The van der Waals surface area contributed by atoms with E-state index in [1.54, 1.807) is 31.1 Å². The number of hydrogen-bond donors (Lipinski definition) is 0. The highest BCUT2D eigenvalue weighted by molar-refractivity contribution is 5.93. The van der Waals surface area contributed by atoms with Crippen LogP contribution < -0.4 is 4.74 Å². The molecule has 0 saturated heterocycles. The van der Waals surface area contributed by atoms with Crippen molar-refractivity contribution < 1.29 is 9.53 Å². The minimum atomic E-state index is -0.00826. The van der Waals surface area contributed by atoms with Gasteiger partial charge in [-0.25, -0.2) is 0 Å². The van der Waals surface area contributed by atoms with E-state index in [0.29, 0.717) is 11.5 Å². The van der Waals surface area contributed by atoms with Crippen LogP contribution in [0.4, 0.5) is 0 Å². The molecule has 3 heteroatoms. The lowest BCUT2D eigenvalue weighted by atomic mass is 9.94. The number of nitrogens with zero attached hydrogens (tertiary/aromatic N) is 1. The highest BCUT2D eigenvalue weighted by Gasteiger charge is 2.09. The van der Waals surface area contributed by atoms with Crippen molar-refractivity contribution in [2.24, 2.45) is 0 Å². The summed E-state index contributed by atoms with van der Waals surface area (Å²) < 4.78 is 5.85. The fourth-order valence-corrected chi connectivity index (χ4v) is 2.63. The molecule has 2 rings (SSSR count). The van der Waals surface area contributed by atoms with Gasteiger partial charge in [-0.05, 0) is 60.7 Å². The van der Waals surface area contributed by atoms with Crippen LogP contribution >= 0.6 is 0 Å². The van der Waals surface area contributed by atoms with E-state index in [4.69, 9.17) is 4.74 Å². The Morgan fingerprint density at radius 2 is 1.39 bits per heavy atom. The van der Waals surface area contributed by atoms with Gasteiger partial charge in [-0.15, -0.1) is 0 Å². The molecule has 122 valence electrons. The summed E-state index contributed by atoms with van der Waals surface area (Å²) >= 11 is 0. The molecule has 0 N–H and O–H groups in total. The van der Waals surface area contributed by atoms with Crippen molar-refractivity contribution in [2.45, 2.75) is 32.6 Å². The quantitative estimate of drug-likeness (QED) is 0.744. The van der Waals surface area contributed by atoms with Crippen LogP contribution in [0.3, 0.4) is 0 Å². The summed E-state index contributed by atoms with van der Waals surface area (Å²) in [5.74, 6) is 2.15. The van der Waals surface area contributed by atoms with Crippen LogP contribution in [-0.4, -0.2) is 24.9 Å². The molecule has 23 heavy (non-hydrogen) atoms. The van der Waals surface area contributed by atoms with Gasteiger partial charge in [0.25, 0.3) is 5.91 Å². The Hall–Kier alpha value is -2.29. The third-order valence-corrected chi connectivity index (χ3v) is 4.08. The summed E-state index contributed by atoms with van der Waals surface area (Å²) in [7, 11) is 3.49. The Morgan fingerprint density at radius 1 is 0.913 bits per heavy atom. The fourth-order valence-electron chi connectivity index (χ4n) is 2.63. The Balaban J connectivity index is 2.06. The van der Waals surface area contributed by atoms with E-state index < -0.39 is 0 Å². The third-order valence-electron chi connectivity index (χ3n) is 4.08. The Morgan fingerprint density at radius 3 is 1.83 bits per heavy atom. The molecule has 0 aliphatic rings. The van der Waals surface area contributed by atoms with Gasteiger partial charge in [0.05, 0.1) is 0 Å². The molecule has 0 fully saturated rings. The fraction of sp³-hybridized carbons (Fsp3) is 0.350. The highest BCUT2D eigenvalue weighted by Crippen LogP contribution is 2.27.